The maximum Gasteiger partial charge on any atom is 0.412 e. The first kappa shape index (κ1) is 15.8. The van der Waals surface area contributed by atoms with Crippen LogP contribution in [-0.2, 0) is 11.3 Å². The molecular formula is C16H25N3O2. The van der Waals surface area contributed by atoms with Crippen LogP contribution in [0.25, 0.3) is 0 Å². The molecule has 1 aromatic carbocycles. The van der Waals surface area contributed by atoms with Crippen LogP contribution < -0.4 is 10.6 Å². The van der Waals surface area contributed by atoms with Crippen LogP contribution in [0.3, 0.4) is 0 Å². The van der Waals surface area contributed by atoms with Gasteiger partial charge in [0.15, 0.2) is 0 Å². The zero-order chi connectivity index (χ0) is 15.3. The molecule has 0 aliphatic carbocycles. The monoisotopic (exact) mass is 291 g/mol. The fraction of sp³-hybridized carbons (Fsp3) is 0.562. The molecule has 0 radical (unpaired) electrons. The summed E-state index contributed by atoms with van der Waals surface area (Å²) in [5, 5.41) is 6.13. The van der Waals surface area contributed by atoms with Crippen LogP contribution in [0.1, 0.15) is 26.3 Å². The fourth-order valence-corrected chi connectivity index (χ4v) is 2.30. The van der Waals surface area contributed by atoms with E-state index in [9.17, 15) is 4.79 Å². The molecule has 1 aliphatic heterocycles. The van der Waals surface area contributed by atoms with Crippen molar-refractivity contribution in [3.63, 3.8) is 0 Å². The van der Waals surface area contributed by atoms with Gasteiger partial charge in [0.1, 0.15) is 5.60 Å². The Morgan fingerprint density at radius 3 is 2.71 bits per heavy atom. The maximum absolute atomic E-state index is 11.8. The molecule has 5 heteroatoms. The first-order valence-corrected chi connectivity index (χ1v) is 7.44. The van der Waals surface area contributed by atoms with Gasteiger partial charge in [-0.2, -0.15) is 0 Å². The van der Waals surface area contributed by atoms with Crippen LogP contribution in [0.4, 0.5) is 10.5 Å². The second kappa shape index (κ2) is 6.91. The number of nitrogens with one attached hydrogen (secondary N) is 2. The molecule has 5 nitrogen and oxygen atoms in total. The van der Waals surface area contributed by atoms with E-state index in [2.05, 4.69) is 21.6 Å². The number of hydrogen-bond acceptors (Lipinski definition) is 4. The standard InChI is InChI=1S/C16H25N3O2/c1-16(2,3)21-15(20)18-14-6-4-5-13(11-14)12-19-9-7-17-8-10-19/h4-6,11,17H,7-10,12H2,1-3H3,(H,18,20). The Morgan fingerprint density at radius 2 is 2.05 bits per heavy atom. The van der Waals surface area contributed by atoms with Crippen LogP contribution in [0.15, 0.2) is 24.3 Å². The van der Waals surface area contributed by atoms with Gasteiger partial charge in [-0.25, -0.2) is 4.79 Å². The SMILES string of the molecule is CC(C)(C)OC(=O)Nc1cccc(CN2CCNCC2)c1. The van der Waals surface area contributed by atoms with Gasteiger partial charge in [-0.1, -0.05) is 12.1 Å². The zero-order valence-electron chi connectivity index (χ0n) is 13.1. The summed E-state index contributed by atoms with van der Waals surface area (Å²) in [5.41, 5.74) is 1.49. The van der Waals surface area contributed by atoms with Crippen molar-refractivity contribution < 1.29 is 9.53 Å². The Labute approximate surface area is 126 Å². The van der Waals surface area contributed by atoms with Crippen molar-refractivity contribution in [1.29, 1.82) is 0 Å². The third-order valence-corrected chi connectivity index (χ3v) is 3.19. The quantitative estimate of drug-likeness (QED) is 0.898. The van der Waals surface area contributed by atoms with Crippen molar-refractivity contribution in [2.75, 3.05) is 31.5 Å². The summed E-state index contributed by atoms with van der Waals surface area (Å²) in [6.07, 6.45) is -0.415. The molecule has 116 valence electrons. The Bertz CT molecular complexity index is 477. The summed E-state index contributed by atoms with van der Waals surface area (Å²) in [6, 6.07) is 7.93. The minimum absolute atomic E-state index is 0.415. The van der Waals surface area contributed by atoms with E-state index in [1.807, 2.05) is 39.0 Å². The lowest BCUT2D eigenvalue weighted by Crippen LogP contribution is -2.42. The van der Waals surface area contributed by atoms with Gasteiger partial charge in [0, 0.05) is 38.4 Å². The van der Waals surface area contributed by atoms with Crippen molar-refractivity contribution in [3.8, 4) is 0 Å². The Kier molecular flexibility index (Phi) is 5.20. The number of benzene rings is 1. The smallest absolute Gasteiger partial charge is 0.412 e. The van der Waals surface area contributed by atoms with E-state index in [-0.39, 0.29) is 0 Å². The average molecular weight is 291 g/mol. The largest absolute Gasteiger partial charge is 0.444 e. The van der Waals surface area contributed by atoms with Crippen molar-refractivity contribution >= 4 is 11.8 Å². The lowest BCUT2D eigenvalue weighted by atomic mass is 10.1. The molecule has 0 aromatic heterocycles. The van der Waals surface area contributed by atoms with Gasteiger partial charge in [0.05, 0.1) is 0 Å². The molecule has 2 N–H and O–H groups in total. The maximum atomic E-state index is 11.8. The van der Waals surface area contributed by atoms with Crippen molar-refractivity contribution in [2.24, 2.45) is 0 Å². The first-order valence-electron chi connectivity index (χ1n) is 7.44. The molecule has 1 aliphatic rings. The number of carbonyl (C=O) groups excluding carboxylic acids is 1. The summed E-state index contributed by atoms with van der Waals surface area (Å²) in [4.78, 5) is 14.2. The minimum Gasteiger partial charge on any atom is -0.444 e. The van der Waals surface area contributed by atoms with Crippen molar-refractivity contribution in [1.82, 2.24) is 10.2 Å². The fourth-order valence-electron chi connectivity index (χ4n) is 2.30. The summed E-state index contributed by atoms with van der Waals surface area (Å²) in [6.45, 7) is 10.7. The van der Waals surface area contributed by atoms with Crippen LogP contribution >= 0.6 is 0 Å². The minimum atomic E-state index is -0.484. The molecule has 1 fully saturated rings. The highest BCUT2D eigenvalue weighted by atomic mass is 16.6. The summed E-state index contributed by atoms with van der Waals surface area (Å²) in [7, 11) is 0. The molecule has 1 amide bonds. The number of carbonyl (C=O) groups is 1. The van der Waals surface area contributed by atoms with Gasteiger partial charge in [-0.3, -0.25) is 10.2 Å². The number of hydrogen-bond donors (Lipinski definition) is 2. The van der Waals surface area contributed by atoms with E-state index in [1.165, 1.54) is 5.56 Å². The van der Waals surface area contributed by atoms with Gasteiger partial charge < -0.3 is 10.1 Å². The number of piperazine rings is 1. The Balaban J connectivity index is 1.92. The van der Waals surface area contributed by atoms with Gasteiger partial charge in [-0.05, 0) is 38.5 Å². The topological polar surface area (TPSA) is 53.6 Å². The van der Waals surface area contributed by atoms with Crippen molar-refractivity contribution in [3.05, 3.63) is 29.8 Å². The first-order chi connectivity index (χ1) is 9.92. The zero-order valence-corrected chi connectivity index (χ0v) is 13.1. The molecule has 0 spiro atoms. The number of ether oxygens (including phenoxy) is 1. The molecular weight excluding hydrogens is 266 g/mol. The summed E-state index contributed by atoms with van der Waals surface area (Å²) < 4.78 is 5.26. The molecule has 0 atom stereocenters. The van der Waals surface area contributed by atoms with Gasteiger partial charge >= 0.3 is 6.09 Å². The highest BCUT2D eigenvalue weighted by Crippen LogP contribution is 2.15. The van der Waals surface area contributed by atoms with E-state index in [1.54, 1.807) is 0 Å². The van der Waals surface area contributed by atoms with Gasteiger partial charge in [0.2, 0.25) is 0 Å². The number of rotatable bonds is 3. The average Bonchev–Trinajstić information content (AvgIpc) is 2.38. The van der Waals surface area contributed by atoms with E-state index in [0.717, 1.165) is 38.4 Å². The predicted molar refractivity (Wildman–Crippen MR) is 84.4 cm³/mol. The van der Waals surface area contributed by atoms with Gasteiger partial charge in [0.25, 0.3) is 0 Å². The molecule has 1 aromatic rings. The van der Waals surface area contributed by atoms with Crippen molar-refractivity contribution in [2.45, 2.75) is 32.9 Å². The predicted octanol–water partition coefficient (Wildman–Crippen LogP) is 2.44. The second-order valence-electron chi connectivity index (χ2n) is 6.35. The van der Waals surface area contributed by atoms with Crippen LogP contribution in [0.2, 0.25) is 0 Å². The van der Waals surface area contributed by atoms with Crippen LogP contribution in [-0.4, -0.2) is 42.8 Å². The second-order valence-corrected chi connectivity index (χ2v) is 6.35. The van der Waals surface area contributed by atoms with E-state index in [4.69, 9.17) is 4.74 Å². The molecule has 0 bridgehead atoms. The summed E-state index contributed by atoms with van der Waals surface area (Å²) >= 11 is 0. The molecule has 1 saturated heterocycles. The van der Waals surface area contributed by atoms with Crippen LogP contribution in [0, 0.1) is 0 Å². The third-order valence-electron chi connectivity index (χ3n) is 3.19. The van der Waals surface area contributed by atoms with E-state index in [0.29, 0.717) is 0 Å². The molecule has 1 heterocycles. The number of anilines is 1. The highest BCUT2D eigenvalue weighted by molar-refractivity contribution is 5.84. The lowest BCUT2D eigenvalue weighted by molar-refractivity contribution is 0.0636. The van der Waals surface area contributed by atoms with E-state index >= 15 is 0 Å². The third kappa shape index (κ3) is 5.73. The molecule has 0 saturated carbocycles. The summed E-state index contributed by atoms with van der Waals surface area (Å²) in [5.74, 6) is 0. The normalized spacial score (nSPS) is 16.5. The Morgan fingerprint density at radius 1 is 1.33 bits per heavy atom. The molecule has 0 unspecified atom stereocenters. The Hall–Kier alpha value is -1.59. The van der Waals surface area contributed by atoms with Crippen LogP contribution in [0.5, 0.6) is 0 Å². The number of nitrogens with zero attached hydrogens (tertiary/aromatic N) is 1. The van der Waals surface area contributed by atoms with Gasteiger partial charge in [-0.15, -0.1) is 0 Å². The lowest BCUT2D eigenvalue weighted by Gasteiger charge is -2.27. The van der Waals surface area contributed by atoms with E-state index < -0.39 is 11.7 Å². The molecule has 2 rings (SSSR count). The molecule has 21 heavy (non-hydrogen) atoms. The highest BCUT2D eigenvalue weighted by Gasteiger charge is 2.16. The number of amides is 1.